The summed E-state index contributed by atoms with van der Waals surface area (Å²) in [5.74, 6) is 0.429. The molecule has 4 heteroatoms. The average molecular weight is 341 g/mol. The molecule has 0 unspecified atom stereocenters. The van der Waals surface area contributed by atoms with Crippen molar-refractivity contribution in [1.29, 1.82) is 0 Å². The number of fused-ring (bicyclic) bond motifs is 1. The first-order chi connectivity index (χ1) is 11.8. The number of hydrogen-bond acceptors (Lipinski definition) is 4. The van der Waals surface area contributed by atoms with E-state index in [0.717, 1.165) is 21.9 Å². The first-order valence-electron chi connectivity index (χ1n) is 8.64. The summed E-state index contributed by atoms with van der Waals surface area (Å²) in [6.07, 6.45) is 0.693. The van der Waals surface area contributed by atoms with Gasteiger partial charge in [0, 0.05) is 29.3 Å². The fraction of sp³-hybridized carbons (Fsp3) is 0.429. The molecule has 0 heterocycles. The molecule has 0 radical (unpaired) electrons. The van der Waals surface area contributed by atoms with Crippen LogP contribution < -0.4 is 10.1 Å². The van der Waals surface area contributed by atoms with Gasteiger partial charge < -0.3 is 10.1 Å². The quantitative estimate of drug-likeness (QED) is 0.612. The van der Waals surface area contributed by atoms with Crippen molar-refractivity contribution in [2.75, 3.05) is 13.6 Å². The molecule has 0 saturated carbocycles. The van der Waals surface area contributed by atoms with Crippen molar-refractivity contribution < 1.29 is 14.3 Å². The second-order valence-corrected chi connectivity index (χ2v) is 7.21. The summed E-state index contributed by atoms with van der Waals surface area (Å²) < 4.78 is 5.82. The van der Waals surface area contributed by atoms with Gasteiger partial charge in [-0.3, -0.25) is 9.59 Å². The zero-order valence-electron chi connectivity index (χ0n) is 15.7. The number of esters is 1. The van der Waals surface area contributed by atoms with Crippen LogP contribution in [0, 0.1) is 6.92 Å². The number of rotatable bonds is 7. The van der Waals surface area contributed by atoms with Crippen molar-refractivity contribution in [2.45, 2.75) is 46.0 Å². The summed E-state index contributed by atoms with van der Waals surface area (Å²) in [5, 5.41) is 4.89. The van der Waals surface area contributed by atoms with Gasteiger partial charge in [-0.05, 0) is 31.8 Å². The number of carbonyl (C=O) groups excluding carboxylic acids is 2. The number of ketones is 1. The Hall–Kier alpha value is -2.20. The highest BCUT2D eigenvalue weighted by Crippen LogP contribution is 2.42. The second-order valence-electron chi connectivity index (χ2n) is 7.21. The third-order valence-corrected chi connectivity index (χ3v) is 4.36. The fourth-order valence-electron chi connectivity index (χ4n) is 3.50. The van der Waals surface area contributed by atoms with Crippen molar-refractivity contribution in [2.24, 2.45) is 0 Å². The first kappa shape index (κ1) is 19.1. The Morgan fingerprint density at radius 2 is 1.88 bits per heavy atom. The van der Waals surface area contributed by atoms with E-state index in [1.165, 1.54) is 0 Å². The summed E-state index contributed by atoms with van der Waals surface area (Å²) in [5.41, 5.74) is 1.54. The largest absolute Gasteiger partial charge is 0.425 e. The molecule has 0 amide bonds. The van der Waals surface area contributed by atoms with Crippen LogP contribution in [-0.2, 0) is 15.0 Å². The number of hydrogen-bond donors (Lipinski definition) is 1. The van der Waals surface area contributed by atoms with Crippen LogP contribution in [0.1, 0.15) is 44.7 Å². The molecule has 0 bridgehead atoms. The predicted octanol–water partition coefficient (Wildman–Crippen LogP) is 3.92. The topological polar surface area (TPSA) is 55.4 Å². The van der Waals surface area contributed by atoms with Gasteiger partial charge in [-0.1, -0.05) is 44.2 Å². The molecule has 2 rings (SSSR count). The van der Waals surface area contributed by atoms with Crippen molar-refractivity contribution in [1.82, 2.24) is 5.32 Å². The molecule has 0 aliphatic rings. The maximum atomic E-state index is 12.3. The Morgan fingerprint density at radius 3 is 2.52 bits per heavy atom. The fourth-order valence-corrected chi connectivity index (χ4v) is 3.50. The Morgan fingerprint density at radius 1 is 1.20 bits per heavy atom. The van der Waals surface area contributed by atoms with Crippen LogP contribution in [0.2, 0.25) is 0 Å². The Bertz CT molecular complexity index is 793. The number of benzene rings is 2. The highest BCUT2D eigenvalue weighted by atomic mass is 16.5. The summed E-state index contributed by atoms with van der Waals surface area (Å²) in [6.45, 7) is 8.22. The van der Waals surface area contributed by atoms with Gasteiger partial charge in [0.25, 0.3) is 0 Å². The first-order valence-corrected chi connectivity index (χ1v) is 8.64. The van der Waals surface area contributed by atoms with Crippen LogP contribution >= 0.6 is 0 Å². The SMILES string of the molecule is CNCCC(=O)Oc1c(C(C)(C)CC(C)=O)c(C)cc2ccccc12. The van der Waals surface area contributed by atoms with E-state index >= 15 is 0 Å². The molecule has 2 aromatic carbocycles. The van der Waals surface area contributed by atoms with Crippen molar-refractivity contribution in [3.8, 4) is 5.75 Å². The van der Waals surface area contributed by atoms with Crippen molar-refractivity contribution >= 4 is 22.5 Å². The smallest absolute Gasteiger partial charge is 0.312 e. The molecular weight excluding hydrogens is 314 g/mol. The second kappa shape index (κ2) is 7.79. The Balaban J connectivity index is 2.62. The summed E-state index contributed by atoms with van der Waals surface area (Å²) in [4.78, 5) is 24.1. The molecular formula is C21H27NO3. The number of carbonyl (C=O) groups is 2. The summed E-state index contributed by atoms with van der Waals surface area (Å²) in [6, 6.07) is 9.97. The molecule has 0 atom stereocenters. The van der Waals surface area contributed by atoms with Crippen LogP contribution in [-0.4, -0.2) is 25.3 Å². The number of ether oxygens (including phenoxy) is 1. The number of Topliss-reactive ketones (excluding diaryl/α,β-unsaturated/α-hetero) is 1. The molecule has 25 heavy (non-hydrogen) atoms. The zero-order chi connectivity index (χ0) is 18.6. The molecule has 0 aromatic heterocycles. The van der Waals surface area contributed by atoms with Gasteiger partial charge in [-0.2, -0.15) is 0 Å². The maximum Gasteiger partial charge on any atom is 0.312 e. The highest BCUT2D eigenvalue weighted by molar-refractivity contribution is 5.93. The van der Waals surface area contributed by atoms with Crippen LogP contribution in [0.5, 0.6) is 5.75 Å². The van der Waals surface area contributed by atoms with Crippen LogP contribution in [0.15, 0.2) is 30.3 Å². The van der Waals surface area contributed by atoms with Crippen LogP contribution in [0.4, 0.5) is 0 Å². The average Bonchev–Trinajstić information content (AvgIpc) is 2.51. The van der Waals surface area contributed by atoms with Gasteiger partial charge in [0.2, 0.25) is 0 Å². The van der Waals surface area contributed by atoms with E-state index in [4.69, 9.17) is 4.74 Å². The number of aryl methyl sites for hydroxylation is 1. The normalized spacial score (nSPS) is 11.6. The molecule has 0 spiro atoms. The molecule has 134 valence electrons. The third kappa shape index (κ3) is 4.45. The zero-order valence-corrected chi connectivity index (χ0v) is 15.7. The minimum absolute atomic E-state index is 0.116. The lowest BCUT2D eigenvalue weighted by molar-refractivity contribution is -0.134. The molecule has 1 N–H and O–H groups in total. The predicted molar refractivity (Wildman–Crippen MR) is 101 cm³/mol. The van der Waals surface area contributed by atoms with Crippen LogP contribution in [0.3, 0.4) is 0 Å². The summed E-state index contributed by atoms with van der Waals surface area (Å²) in [7, 11) is 1.80. The van der Waals surface area contributed by atoms with E-state index in [1.54, 1.807) is 14.0 Å². The Kier molecular flexibility index (Phi) is 5.96. The molecule has 0 fully saturated rings. The highest BCUT2D eigenvalue weighted by Gasteiger charge is 2.30. The van der Waals surface area contributed by atoms with Gasteiger partial charge in [-0.15, -0.1) is 0 Å². The van der Waals surface area contributed by atoms with E-state index in [1.807, 2.05) is 45.0 Å². The van der Waals surface area contributed by atoms with E-state index in [9.17, 15) is 9.59 Å². The Labute approximate surface area is 149 Å². The van der Waals surface area contributed by atoms with E-state index in [0.29, 0.717) is 25.1 Å². The summed E-state index contributed by atoms with van der Waals surface area (Å²) >= 11 is 0. The minimum atomic E-state index is -0.418. The van der Waals surface area contributed by atoms with E-state index in [-0.39, 0.29) is 11.8 Å². The minimum Gasteiger partial charge on any atom is -0.425 e. The molecule has 2 aromatic rings. The van der Waals surface area contributed by atoms with Gasteiger partial charge in [0.1, 0.15) is 11.5 Å². The van der Waals surface area contributed by atoms with E-state index in [2.05, 4.69) is 11.4 Å². The molecule has 0 aliphatic heterocycles. The lowest BCUT2D eigenvalue weighted by Gasteiger charge is -2.29. The van der Waals surface area contributed by atoms with Gasteiger partial charge in [-0.25, -0.2) is 0 Å². The standard InChI is InChI=1S/C21H27NO3/c1-14-12-16-8-6-7-9-17(16)20(25-18(24)10-11-22-5)19(14)21(3,4)13-15(2)23/h6-9,12,22H,10-11,13H2,1-5H3. The molecule has 0 aliphatic carbocycles. The van der Waals surface area contributed by atoms with Gasteiger partial charge >= 0.3 is 5.97 Å². The lowest BCUT2D eigenvalue weighted by atomic mass is 9.76. The monoisotopic (exact) mass is 341 g/mol. The molecule has 0 saturated heterocycles. The number of nitrogens with one attached hydrogen (secondary N) is 1. The lowest BCUT2D eigenvalue weighted by Crippen LogP contribution is -2.25. The van der Waals surface area contributed by atoms with Gasteiger partial charge in [0.05, 0.1) is 6.42 Å². The third-order valence-electron chi connectivity index (χ3n) is 4.36. The maximum absolute atomic E-state index is 12.3. The van der Waals surface area contributed by atoms with Crippen LogP contribution in [0.25, 0.3) is 10.8 Å². The van der Waals surface area contributed by atoms with Gasteiger partial charge in [0.15, 0.2) is 0 Å². The van der Waals surface area contributed by atoms with E-state index < -0.39 is 5.41 Å². The van der Waals surface area contributed by atoms with Crippen molar-refractivity contribution in [3.63, 3.8) is 0 Å². The molecule has 4 nitrogen and oxygen atoms in total. The van der Waals surface area contributed by atoms with Crippen molar-refractivity contribution in [3.05, 3.63) is 41.5 Å².